The molecule has 188 valence electrons. The molecule has 1 fully saturated rings. The van der Waals surface area contributed by atoms with Crippen LogP contribution in [0.4, 0.5) is 17.6 Å². The third-order valence-electron chi connectivity index (χ3n) is 6.60. The van der Waals surface area contributed by atoms with Crippen LogP contribution in [0.3, 0.4) is 0 Å². The average Bonchev–Trinajstić information content (AvgIpc) is 2.89. The summed E-state index contributed by atoms with van der Waals surface area (Å²) in [5.41, 5.74) is 0.250. The van der Waals surface area contributed by atoms with Gasteiger partial charge in [-0.2, -0.15) is 4.39 Å². The van der Waals surface area contributed by atoms with Crippen LogP contribution < -0.4 is 9.47 Å². The van der Waals surface area contributed by atoms with Crippen LogP contribution in [0.2, 0.25) is 0 Å². The number of rotatable bonds is 7. The molecule has 3 aromatic rings. The number of hydrogen-bond acceptors (Lipinski definition) is 3. The van der Waals surface area contributed by atoms with E-state index in [1.807, 2.05) is 6.08 Å². The molecule has 0 atom stereocenters. The van der Waals surface area contributed by atoms with Crippen LogP contribution in [0.25, 0.3) is 11.1 Å². The minimum atomic E-state index is -1.38. The van der Waals surface area contributed by atoms with Gasteiger partial charge >= 0.3 is 5.97 Å². The van der Waals surface area contributed by atoms with Gasteiger partial charge in [0.15, 0.2) is 23.2 Å². The molecular weight excluding hydrogens is 472 g/mol. The molecule has 0 N–H and O–H groups in total. The van der Waals surface area contributed by atoms with Crippen molar-refractivity contribution in [3.05, 3.63) is 95.6 Å². The molecular formula is C29H26F4O3. The van der Waals surface area contributed by atoms with E-state index in [0.29, 0.717) is 17.0 Å². The summed E-state index contributed by atoms with van der Waals surface area (Å²) < 4.78 is 68.4. The lowest BCUT2D eigenvalue weighted by atomic mass is 9.78. The molecule has 36 heavy (non-hydrogen) atoms. The fraction of sp³-hybridized carbons (Fsp3) is 0.276. The number of carbonyl (C=O) groups is 1. The number of halogens is 4. The van der Waals surface area contributed by atoms with Crippen molar-refractivity contribution in [2.45, 2.75) is 38.5 Å². The Morgan fingerprint density at radius 2 is 1.58 bits per heavy atom. The second-order valence-corrected chi connectivity index (χ2v) is 8.76. The highest BCUT2D eigenvalue weighted by atomic mass is 19.2. The molecule has 1 aliphatic rings. The Balaban J connectivity index is 1.49. The van der Waals surface area contributed by atoms with Gasteiger partial charge in [0, 0.05) is 5.56 Å². The lowest BCUT2D eigenvalue weighted by Gasteiger charge is -2.27. The lowest BCUT2D eigenvalue weighted by Crippen LogP contribution is -2.13. The number of allylic oxidation sites excluding steroid dienone is 1. The van der Waals surface area contributed by atoms with Crippen LogP contribution in [0.5, 0.6) is 11.5 Å². The maximum atomic E-state index is 15.0. The summed E-state index contributed by atoms with van der Waals surface area (Å²) in [7, 11) is 0. The van der Waals surface area contributed by atoms with E-state index < -0.39 is 34.8 Å². The van der Waals surface area contributed by atoms with Crippen LogP contribution in [-0.2, 0) is 0 Å². The summed E-state index contributed by atoms with van der Waals surface area (Å²) in [5.74, 6) is -5.42. The molecule has 0 saturated heterocycles. The normalized spacial score (nSPS) is 17.5. The Morgan fingerprint density at radius 1 is 0.889 bits per heavy atom. The Hall–Kier alpha value is -3.61. The Labute approximate surface area is 207 Å². The van der Waals surface area contributed by atoms with Crippen molar-refractivity contribution < 1.29 is 31.8 Å². The van der Waals surface area contributed by atoms with Crippen LogP contribution in [-0.4, -0.2) is 12.6 Å². The lowest BCUT2D eigenvalue weighted by molar-refractivity contribution is 0.0728. The molecule has 3 nitrogen and oxygen atoms in total. The van der Waals surface area contributed by atoms with E-state index >= 15 is 0 Å². The summed E-state index contributed by atoms with van der Waals surface area (Å²) in [5, 5.41) is 0. The van der Waals surface area contributed by atoms with Gasteiger partial charge in [0.1, 0.15) is 5.75 Å². The van der Waals surface area contributed by atoms with Crippen LogP contribution in [0.1, 0.15) is 54.4 Å². The number of ether oxygens (including phenoxy) is 2. The molecule has 0 amide bonds. The zero-order valence-electron chi connectivity index (χ0n) is 19.8. The molecule has 4 rings (SSSR count). The summed E-state index contributed by atoms with van der Waals surface area (Å²) >= 11 is 0. The quantitative estimate of drug-likeness (QED) is 0.143. The van der Waals surface area contributed by atoms with E-state index in [4.69, 9.17) is 9.47 Å². The van der Waals surface area contributed by atoms with Crippen molar-refractivity contribution in [3.8, 4) is 22.6 Å². The van der Waals surface area contributed by atoms with Crippen molar-refractivity contribution >= 4 is 5.97 Å². The standard InChI is InChI=1S/C29H26F4O3/c1-3-17-5-7-18(8-6-17)21-13-14-22(26(31)25(21)30)19-9-11-20(12-10-19)36-29(34)23-15-16-24(35-4-2)28(33)27(23)32/h3,9-18H,1,4-8H2,2H3. The van der Waals surface area contributed by atoms with E-state index in [-0.39, 0.29) is 29.6 Å². The third-order valence-corrected chi connectivity index (χ3v) is 6.60. The third kappa shape index (κ3) is 5.15. The minimum absolute atomic E-state index is 0.0284. The molecule has 0 heterocycles. The summed E-state index contributed by atoms with van der Waals surface area (Å²) in [6.45, 7) is 5.57. The first kappa shape index (κ1) is 25.5. The molecule has 0 unspecified atom stereocenters. The maximum Gasteiger partial charge on any atom is 0.346 e. The predicted molar refractivity (Wildman–Crippen MR) is 129 cm³/mol. The molecule has 3 aromatic carbocycles. The molecule has 0 spiro atoms. The maximum absolute atomic E-state index is 15.0. The minimum Gasteiger partial charge on any atom is -0.491 e. The first-order valence-electron chi connectivity index (χ1n) is 11.9. The number of hydrogen-bond donors (Lipinski definition) is 0. The van der Waals surface area contributed by atoms with E-state index in [1.165, 1.54) is 24.3 Å². The highest BCUT2D eigenvalue weighted by Gasteiger charge is 2.26. The summed E-state index contributed by atoms with van der Waals surface area (Å²) in [4.78, 5) is 12.4. The first-order chi connectivity index (χ1) is 17.3. The SMILES string of the molecule is C=CC1CCC(c2ccc(-c3ccc(OC(=O)c4ccc(OCC)c(F)c4F)cc3)c(F)c2F)CC1. The number of benzene rings is 3. The Kier molecular flexibility index (Phi) is 7.77. The van der Waals surface area contributed by atoms with Gasteiger partial charge in [0.2, 0.25) is 5.82 Å². The van der Waals surface area contributed by atoms with Crippen LogP contribution in [0.15, 0.2) is 61.2 Å². The Bertz CT molecular complexity index is 1260. The zero-order chi connectivity index (χ0) is 25.8. The van der Waals surface area contributed by atoms with E-state index in [0.717, 1.165) is 37.8 Å². The first-order valence-corrected chi connectivity index (χ1v) is 11.9. The van der Waals surface area contributed by atoms with Gasteiger partial charge < -0.3 is 9.47 Å². The smallest absolute Gasteiger partial charge is 0.346 e. The molecule has 0 bridgehead atoms. The topological polar surface area (TPSA) is 35.5 Å². The fourth-order valence-corrected chi connectivity index (χ4v) is 4.59. The predicted octanol–water partition coefficient (Wildman–Crippen LogP) is 7.99. The van der Waals surface area contributed by atoms with Gasteiger partial charge in [-0.3, -0.25) is 0 Å². The van der Waals surface area contributed by atoms with E-state index in [1.54, 1.807) is 19.1 Å². The van der Waals surface area contributed by atoms with Gasteiger partial charge in [0.05, 0.1) is 12.2 Å². The molecule has 0 radical (unpaired) electrons. The Morgan fingerprint density at radius 3 is 2.22 bits per heavy atom. The molecule has 0 aliphatic heterocycles. The molecule has 1 saturated carbocycles. The second kappa shape index (κ2) is 11.0. The fourth-order valence-electron chi connectivity index (χ4n) is 4.59. The van der Waals surface area contributed by atoms with E-state index in [9.17, 15) is 22.4 Å². The van der Waals surface area contributed by atoms with Gasteiger partial charge in [-0.15, -0.1) is 6.58 Å². The van der Waals surface area contributed by atoms with Crippen molar-refractivity contribution in [1.82, 2.24) is 0 Å². The van der Waals surface area contributed by atoms with Crippen LogP contribution >= 0.6 is 0 Å². The van der Waals surface area contributed by atoms with Crippen molar-refractivity contribution in [2.24, 2.45) is 5.92 Å². The van der Waals surface area contributed by atoms with E-state index in [2.05, 4.69) is 6.58 Å². The van der Waals surface area contributed by atoms with Crippen LogP contribution in [0, 0.1) is 29.2 Å². The summed E-state index contributed by atoms with van der Waals surface area (Å²) in [6, 6.07) is 11.1. The number of esters is 1. The zero-order valence-corrected chi connectivity index (χ0v) is 19.8. The van der Waals surface area contributed by atoms with Crippen molar-refractivity contribution in [1.29, 1.82) is 0 Å². The molecule has 7 heteroatoms. The van der Waals surface area contributed by atoms with Crippen molar-refractivity contribution in [2.75, 3.05) is 6.61 Å². The summed E-state index contributed by atoms with van der Waals surface area (Å²) in [6.07, 6.45) is 5.30. The monoisotopic (exact) mass is 498 g/mol. The average molecular weight is 499 g/mol. The highest BCUT2D eigenvalue weighted by Crippen LogP contribution is 2.39. The molecule has 0 aromatic heterocycles. The van der Waals surface area contributed by atoms with Gasteiger partial charge in [-0.05, 0) is 79.8 Å². The number of carbonyl (C=O) groups excluding carboxylic acids is 1. The van der Waals surface area contributed by atoms with Gasteiger partial charge in [-0.25, -0.2) is 18.0 Å². The van der Waals surface area contributed by atoms with Crippen molar-refractivity contribution in [3.63, 3.8) is 0 Å². The molecule has 1 aliphatic carbocycles. The van der Waals surface area contributed by atoms with Gasteiger partial charge in [0.25, 0.3) is 0 Å². The largest absolute Gasteiger partial charge is 0.491 e. The van der Waals surface area contributed by atoms with Gasteiger partial charge in [-0.1, -0.05) is 30.3 Å². The second-order valence-electron chi connectivity index (χ2n) is 8.76. The highest BCUT2D eigenvalue weighted by molar-refractivity contribution is 5.91.